The van der Waals surface area contributed by atoms with Crippen LogP contribution in [0.4, 0.5) is 5.69 Å². The van der Waals surface area contributed by atoms with E-state index in [4.69, 9.17) is 23.8 Å². The standard InChI is InChI=1S/C22H21ClN4OS2/c1-14-5-4-6-15(13-14)25-19(28)10-12-27-21(17-8-9-18(23)30-17)20(26-22(27)29)16-7-2-3-11-24-16/h2-9,11,13,20-21H,10,12H2,1H3,(H,25,28)(H,26,29)/t20-,21+/m1/s1. The average Bonchev–Trinajstić information content (AvgIpc) is 3.30. The average molecular weight is 457 g/mol. The largest absolute Gasteiger partial charge is 0.352 e. The van der Waals surface area contributed by atoms with Gasteiger partial charge in [0.1, 0.15) is 0 Å². The van der Waals surface area contributed by atoms with Crippen molar-refractivity contribution in [2.75, 3.05) is 11.9 Å². The zero-order valence-electron chi connectivity index (χ0n) is 16.3. The predicted octanol–water partition coefficient (Wildman–Crippen LogP) is 5.11. The van der Waals surface area contributed by atoms with Crippen LogP contribution in [0.25, 0.3) is 0 Å². The highest BCUT2D eigenvalue weighted by Gasteiger charge is 2.40. The minimum Gasteiger partial charge on any atom is -0.352 e. The zero-order chi connectivity index (χ0) is 21.1. The summed E-state index contributed by atoms with van der Waals surface area (Å²) in [7, 11) is 0. The van der Waals surface area contributed by atoms with E-state index in [0.717, 1.165) is 26.2 Å². The predicted molar refractivity (Wildman–Crippen MR) is 126 cm³/mol. The molecule has 30 heavy (non-hydrogen) atoms. The molecule has 2 atom stereocenters. The number of pyridine rings is 1. The number of nitrogens with zero attached hydrogens (tertiary/aromatic N) is 2. The van der Waals surface area contributed by atoms with Gasteiger partial charge in [0.15, 0.2) is 5.11 Å². The van der Waals surface area contributed by atoms with Crippen molar-refractivity contribution in [3.8, 4) is 0 Å². The first-order valence-corrected chi connectivity index (χ1v) is 11.2. The molecule has 1 aliphatic heterocycles. The summed E-state index contributed by atoms with van der Waals surface area (Å²) in [5, 5.41) is 6.96. The third kappa shape index (κ3) is 4.64. The van der Waals surface area contributed by atoms with E-state index in [1.165, 1.54) is 11.3 Å². The molecule has 8 heteroatoms. The second-order valence-electron chi connectivity index (χ2n) is 7.13. The van der Waals surface area contributed by atoms with E-state index in [1.54, 1.807) is 6.20 Å². The summed E-state index contributed by atoms with van der Waals surface area (Å²) in [5.41, 5.74) is 2.81. The highest BCUT2D eigenvalue weighted by atomic mass is 35.5. The van der Waals surface area contributed by atoms with Crippen LogP contribution in [0.15, 0.2) is 60.8 Å². The van der Waals surface area contributed by atoms with Gasteiger partial charge >= 0.3 is 0 Å². The Bertz CT molecular complexity index is 1060. The summed E-state index contributed by atoms with van der Waals surface area (Å²) in [6.45, 7) is 2.49. The molecule has 3 aromatic rings. The summed E-state index contributed by atoms with van der Waals surface area (Å²) >= 11 is 13.4. The molecule has 0 aliphatic carbocycles. The van der Waals surface area contributed by atoms with Gasteiger partial charge in [-0.15, -0.1) is 11.3 Å². The van der Waals surface area contributed by atoms with Crippen molar-refractivity contribution in [2.45, 2.75) is 25.4 Å². The van der Waals surface area contributed by atoms with Crippen molar-refractivity contribution >= 4 is 51.9 Å². The molecular formula is C22H21ClN4OS2. The molecule has 154 valence electrons. The third-order valence-electron chi connectivity index (χ3n) is 4.96. The second-order valence-corrected chi connectivity index (χ2v) is 9.26. The fourth-order valence-corrected chi connectivity index (χ4v) is 5.15. The van der Waals surface area contributed by atoms with Crippen LogP contribution in [0, 0.1) is 6.92 Å². The Morgan fingerprint density at radius 2 is 2.13 bits per heavy atom. The van der Waals surface area contributed by atoms with Crippen LogP contribution < -0.4 is 10.6 Å². The molecule has 0 unspecified atom stereocenters. The second kappa shape index (κ2) is 9.12. The molecule has 1 saturated heterocycles. The maximum absolute atomic E-state index is 12.6. The Morgan fingerprint density at radius 3 is 2.83 bits per heavy atom. The van der Waals surface area contributed by atoms with Crippen LogP contribution in [0.2, 0.25) is 4.34 Å². The van der Waals surface area contributed by atoms with Crippen molar-refractivity contribution in [2.24, 2.45) is 0 Å². The number of carbonyl (C=O) groups is 1. The van der Waals surface area contributed by atoms with Crippen molar-refractivity contribution in [1.82, 2.24) is 15.2 Å². The lowest BCUT2D eigenvalue weighted by Gasteiger charge is -2.26. The number of thiocarbonyl (C=S) groups is 1. The lowest BCUT2D eigenvalue weighted by molar-refractivity contribution is -0.116. The summed E-state index contributed by atoms with van der Waals surface area (Å²) < 4.78 is 0.722. The topological polar surface area (TPSA) is 57.3 Å². The van der Waals surface area contributed by atoms with Crippen molar-refractivity contribution < 1.29 is 4.79 Å². The van der Waals surface area contributed by atoms with E-state index in [-0.39, 0.29) is 18.0 Å². The first-order valence-electron chi connectivity index (χ1n) is 9.61. The van der Waals surface area contributed by atoms with Gasteiger partial charge in [-0.25, -0.2) is 0 Å². The molecule has 1 aliphatic rings. The maximum Gasteiger partial charge on any atom is 0.226 e. The van der Waals surface area contributed by atoms with Gasteiger partial charge in [-0.2, -0.15) is 0 Å². The van der Waals surface area contributed by atoms with Gasteiger partial charge in [-0.3, -0.25) is 9.78 Å². The number of halogens is 1. The summed E-state index contributed by atoms with van der Waals surface area (Å²) in [5.74, 6) is -0.0485. The highest BCUT2D eigenvalue weighted by Crippen LogP contribution is 2.42. The third-order valence-corrected chi connectivity index (χ3v) is 6.62. The van der Waals surface area contributed by atoms with Gasteiger partial charge in [-0.1, -0.05) is 29.8 Å². The molecule has 3 heterocycles. The van der Waals surface area contributed by atoms with Crippen molar-refractivity contribution in [3.63, 3.8) is 0 Å². The monoisotopic (exact) mass is 456 g/mol. The molecule has 0 saturated carbocycles. The van der Waals surface area contributed by atoms with E-state index >= 15 is 0 Å². The summed E-state index contributed by atoms with van der Waals surface area (Å²) in [6, 6.07) is 17.3. The molecule has 0 bridgehead atoms. The van der Waals surface area contributed by atoms with Gasteiger partial charge < -0.3 is 15.5 Å². The Kier molecular flexibility index (Phi) is 6.32. The molecule has 1 fully saturated rings. The lowest BCUT2D eigenvalue weighted by Crippen LogP contribution is -2.32. The molecule has 4 rings (SSSR count). The Balaban J connectivity index is 1.51. The fraction of sp³-hybridized carbons (Fsp3) is 0.227. The number of aryl methyl sites for hydroxylation is 1. The molecule has 1 amide bonds. The number of carbonyl (C=O) groups excluding carboxylic acids is 1. The molecule has 5 nitrogen and oxygen atoms in total. The number of hydrogen-bond donors (Lipinski definition) is 2. The van der Waals surface area contributed by atoms with E-state index in [2.05, 4.69) is 20.5 Å². The smallest absolute Gasteiger partial charge is 0.226 e. The summed E-state index contributed by atoms with van der Waals surface area (Å²) in [4.78, 5) is 20.2. The van der Waals surface area contributed by atoms with Crippen LogP contribution >= 0.6 is 35.2 Å². The first-order chi connectivity index (χ1) is 14.5. The Hall–Kier alpha value is -2.48. The van der Waals surface area contributed by atoms with Crippen LogP contribution in [0.1, 0.15) is 34.6 Å². The van der Waals surface area contributed by atoms with Gasteiger partial charge in [0, 0.05) is 29.7 Å². The Morgan fingerprint density at radius 1 is 1.27 bits per heavy atom. The zero-order valence-corrected chi connectivity index (χ0v) is 18.7. The van der Waals surface area contributed by atoms with Gasteiger partial charge in [0.25, 0.3) is 0 Å². The molecule has 1 aromatic carbocycles. The van der Waals surface area contributed by atoms with Crippen LogP contribution in [-0.4, -0.2) is 27.4 Å². The maximum atomic E-state index is 12.6. The lowest BCUT2D eigenvalue weighted by atomic mass is 10.0. The van der Waals surface area contributed by atoms with Crippen molar-refractivity contribution in [1.29, 1.82) is 0 Å². The Labute approximate surface area is 190 Å². The molecular weight excluding hydrogens is 436 g/mol. The number of aromatic nitrogens is 1. The minimum absolute atomic E-state index is 0.0485. The number of nitrogens with one attached hydrogen (secondary N) is 2. The molecule has 2 N–H and O–H groups in total. The van der Waals surface area contributed by atoms with Crippen LogP contribution in [0.5, 0.6) is 0 Å². The van der Waals surface area contributed by atoms with Gasteiger partial charge in [0.05, 0.1) is 22.1 Å². The number of benzene rings is 1. The van der Waals surface area contributed by atoms with E-state index in [1.807, 2.05) is 61.5 Å². The van der Waals surface area contributed by atoms with Crippen LogP contribution in [0.3, 0.4) is 0 Å². The minimum atomic E-state index is -0.103. The SMILES string of the molecule is Cc1cccc(NC(=O)CCN2C(=S)N[C@H](c3ccccn3)[C@@H]2c2ccc(Cl)s2)c1. The van der Waals surface area contributed by atoms with Gasteiger partial charge in [0.2, 0.25) is 5.91 Å². The van der Waals surface area contributed by atoms with Gasteiger partial charge in [-0.05, 0) is 61.1 Å². The number of anilines is 1. The van der Waals surface area contributed by atoms with Crippen molar-refractivity contribution in [3.05, 3.63) is 81.3 Å². The fourth-order valence-electron chi connectivity index (χ4n) is 3.61. The highest BCUT2D eigenvalue weighted by molar-refractivity contribution is 7.80. The van der Waals surface area contributed by atoms with E-state index in [9.17, 15) is 4.79 Å². The number of rotatable bonds is 6. The number of hydrogen-bond acceptors (Lipinski definition) is 4. The first kappa shape index (κ1) is 20.8. The normalized spacial score (nSPS) is 18.3. The molecule has 2 aromatic heterocycles. The quantitative estimate of drug-likeness (QED) is 0.505. The van der Waals surface area contributed by atoms with Crippen LogP contribution in [-0.2, 0) is 4.79 Å². The summed E-state index contributed by atoms with van der Waals surface area (Å²) in [6.07, 6.45) is 2.09. The molecule has 0 spiro atoms. The number of thiophene rings is 1. The number of amides is 1. The molecule has 0 radical (unpaired) electrons. The van der Waals surface area contributed by atoms with E-state index < -0.39 is 0 Å². The van der Waals surface area contributed by atoms with E-state index in [0.29, 0.717) is 18.1 Å².